The maximum atomic E-state index is 14.4. The van der Waals surface area contributed by atoms with Gasteiger partial charge in [0.15, 0.2) is 9.84 Å². The van der Waals surface area contributed by atoms with Gasteiger partial charge >= 0.3 is 6.18 Å². The lowest BCUT2D eigenvalue weighted by Crippen LogP contribution is -2.31. The second kappa shape index (κ2) is 9.88. The van der Waals surface area contributed by atoms with E-state index in [1.54, 1.807) is 25.3 Å². The van der Waals surface area contributed by atoms with Gasteiger partial charge in [0.2, 0.25) is 5.43 Å². The van der Waals surface area contributed by atoms with Crippen LogP contribution in [0.1, 0.15) is 47.1 Å². The predicted molar refractivity (Wildman–Crippen MR) is 127 cm³/mol. The molecule has 192 valence electrons. The van der Waals surface area contributed by atoms with E-state index in [9.17, 15) is 35.6 Å². The van der Waals surface area contributed by atoms with Gasteiger partial charge in [-0.2, -0.15) is 13.2 Å². The molecule has 2 aromatic carbocycles. The number of carbonyl (C=O) groups is 1. The Bertz CT molecular complexity index is 1490. The summed E-state index contributed by atoms with van der Waals surface area (Å²) in [5.41, 5.74) is -1.69. The van der Waals surface area contributed by atoms with E-state index in [4.69, 9.17) is 0 Å². The molecule has 0 atom stereocenters. The van der Waals surface area contributed by atoms with Crippen molar-refractivity contribution < 1.29 is 30.8 Å². The summed E-state index contributed by atoms with van der Waals surface area (Å²) in [7, 11) is -3.62. The Hall–Kier alpha value is -3.47. The molecule has 0 aliphatic rings. The van der Waals surface area contributed by atoms with Gasteiger partial charge in [-0.25, -0.2) is 12.8 Å². The first-order valence-corrected chi connectivity index (χ1v) is 12.7. The van der Waals surface area contributed by atoms with Crippen LogP contribution in [-0.2, 0) is 22.6 Å². The summed E-state index contributed by atoms with van der Waals surface area (Å²) in [5, 5.41) is 2.43. The van der Waals surface area contributed by atoms with Crippen LogP contribution in [0.2, 0.25) is 0 Å². The largest absolute Gasteiger partial charge is 0.416 e. The number of sulfone groups is 1. The summed E-state index contributed by atoms with van der Waals surface area (Å²) in [4.78, 5) is 26.0. The smallest absolute Gasteiger partial charge is 0.348 e. The van der Waals surface area contributed by atoms with Crippen LogP contribution in [0.15, 0.2) is 58.4 Å². The molecule has 1 heterocycles. The minimum atomic E-state index is -4.62. The van der Waals surface area contributed by atoms with E-state index in [0.717, 1.165) is 24.5 Å². The van der Waals surface area contributed by atoms with Crippen LogP contribution in [0.5, 0.6) is 0 Å². The summed E-state index contributed by atoms with van der Waals surface area (Å²) in [6, 6.07) is 7.30. The first kappa shape index (κ1) is 27.1. The molecule has 3 aromatic rings. The number of rotatable bonds is 6. The van der Waals surface area contributed by atoms with Crippen LogP contribution >= 0.6 is 0 Å². The predicted octanol–water partition coefficient (Wildman–Crippen LogP) is 4.90. The van der Waals surface area contributed by atoms with Gasteiger partial charge in [-0.15, -0.1) is 0 Å². The van der Waals surface area contributed by atoms with E-state index in [1.165, 1.54) is 30.5 Å². The average molecular weight is 525 g/mol. The molecule has 0 aliphatic carbocycles. The third kappa shape index (κ3) is 5.67. The topological polar surface area (TPSA) is 85.2 Å². The minimum absolute atomic E-state index is 0.00912. The fourth-order valence-electron chi connectivity index (χ4n) is 3.78. The molecule has 1 amide bonds. The molecule has 6 nitrogen and oxygen atoms in total. The molecule has 0 unspecified atom stereocenters. The molecule has 1 N–H and O–H groups in total. The number of nitrogens with zero attached hydrogens (tertiary/aromatic N) is 1. The number of alkyl halides is 3. The standard InChI is InChI=1S/C25H24F4N2O4S/c1-14(2)31-13-20(24(33)30-12-17-8-9-19(11-21(17)26)36(4,34)35)23(32)22(15(31)3)16-6-5-7-18(10-16)25(27,28)29/h5-11,13-14H,12H2,1-4H3,(H,30,33). The highest BCUT2D eigenvalue weighted by Crippen LogP contribution is 2.32. The van der Waals surface area contributed by atoms with Crippen LogP contribution < -0.4 is 10.7 Å². The summed E-state index contributed by atoms with van der Waals surface area (Å²) >= 11 is 0. The highest BCUT2D eigenvalue weighted by atomic mass is 32.2. The maximum Gasteiger partial charge on any atom is 0.416 e. The molecule has 0 fully saturated rings. The average Bonchev–Trinajstić information content (AvgIpc) is 2.77. The number of halogens is 4. The molecule has 0 bridgehead atoms. The molecule has 0 radical (unpaired) electrons. The fourth-order valence-corrected chi connectivity index (χ4v) is 4.42. The molecule has 0 saturated carbocycles. The number of hydrogen-bond donors (Lipinski definition) is 1. The maximum absolute atomic E-state index is 14.4. The molecule has 3 rings (SSSR count). The van der Waals surface area contributed by atoms with Gasteiger partial charge in [0.05, 0.1) is 10.5 Å². The van der Waals surface area contributed by atoms with Gasteiger partial charge in [0.1, 0.15) is 11.4 Å². The summed E-state index contributed by atoms with van der Waals surface area (Å²) in [6.45, 7) is 4.81. The van der Waals surface area contributed by atoms with Crippen molar-refractivity contribution in [2.45, 2.75) is 44.4 Å². The summed E-state index contributed by atoms with van der Waals surface area (Å²) < 4.78 is 79.0. The van der Waals surface area contributed by atoms with E-state index >= 15 is 0 Å². The van der Waals surface area contributed by atoms with Crippen molar-refractivity contribution in [2.75, 3.05) is 6.26 Å². The van der Waals surface area contributed by atoms with Gasteiger partial charge in [-0.05, 0) is 50.6 Å². The van der Waals surface area contributed by atoms with Crippen LogP contribution in [0.4, 0.5) is 17.6 Å². The Labute approximate surface area is 205 Å². The molecule has 0 spiro atoms. The molecule has 1 aromatic heterocycles. The lowest BCUT2D eigenvalue weighted by Gasteiger charge is -2.20. The van der Waals surface area contributed by atoms with Crippen molar-refractivity contribution in [1.82, 2.24) is 9.88 Å². The third-order valence-corrected chi connectivity index (χ3v) is 6.77. The van der Waals surface area contributed by atoms with Gasteiger partial charge in [0, 0.05) is 41.9 Å². The van der Waals surface area contributed by atoms with E-state index in [1.807, 2.05) is 0 Å². The number of amides is 1. The van der Waals surface area contributed by atoms with Crippen LogP contribution in [0.3, 0.4) is 0 Å². The lowest BCUT2D eigenvalue weighted by atomic mass is 9.98. The second-order valence-electron chi connectivity index (χ2n) is 8.62. The summed E-state index contributed by atoms with van der Waals surface area (Å²) in [6.07, 6.45) is -2.37. The van der Waals surface area contributed by atoms with E-state index < -0.39 is 38.7 Å². The number of nitrogens with one attached hydrogen (secondary N) is 1. The molecular formula is C25H24F4N2O4S. The zero-order valence-corrected chi connectivity index (χ0v) is 20.7. The number of pyridine rings is 1. The first-order chi connectivity index (χ1) is 16.6. The Kier molecular flexibility index (Phi) is 7.45. The first-order valence-electron chi connectivity index (χ1n) is 10.8. The van der Waals surface area contributed by atoms with E-state index in [0.29, 0.717) is 5.69 Å². The molecule has 11 heteroatoms. The second-order valence-corrected chi connectivity index (χ2v) is 10.6. The Balaban J connectivity index is 2.03. The highest BCUT2D eigenvalue weighted by Gasteiger charge is 2.31. The van der Waals surface area contributed by atoms with Crippen LogP contribution in [0.25, 0.3) is 11.1 Å². The van der Waals surface area contributed by atoms with Crippen molar-refractivity contribution >= 4 is 15.7 Å². The monoisotopic (exact) mass is 524 g/mol. The summed E-state index contributed by atoms with van der Waals surface area (Å²) in [5.74, 6) is -1.71. The zero-order valence-electron chi connectivity index (χ0n) is 19.9. The number of aromatic nitrogens is 1. The van der Waals surface area contributed by atoms with E-state index in [-0.39, 0.29) is 39.7 Å². The van der Waals surface area contributed by atoms with Gasteiger partial charge in [0.25, 0.3) is 5.91 Å². The SMILES string of the molecule is Cc1c(-c2cccc(C(F)(F)F)c2)c(=O)c(C(=O)NCc2ccc(S(C)(=O)=O)cc2F)cn1C(C)C. The zero-order chi connectivity index (χ0) is 27.0. The quantitative estimate of drug-likeness (QED) is 0.465. The van der Waals surface area contributed by atoms with Crippen molar-refractivity contribution in [2.24, 2.45) is 0 Å². The van der Waals surface area contributed by atoms with Crippen molar-refractivity contribution in [3.63, 3.8) is 0 Å². The molecule has 0 aliphatic heterocycles. The molecule has 36 heavy (non-hydrogen) atoms. The molecule has 0 saturated heterocycles. The van der Waals surface area contributed by atoms with Gasteiger partial charge in [-0.1, -0.05) is 18.2 Å². The Morgan fingerprint density at radius 3 is 2.33 bits per heavy atom. The number of carbonyl (C=O) groups excluding carboxylic acids is 1. The minimum Gasteiger partial charge on any atom is -0.348 e. The Morgan fingerprint density at radius 2 is 1.78 bits per heavy atom. The normalized spacial score (nSPS) is 12.1. The molecular weight excluding hydrogens is 500 g/mol. The van der Waals surface area contributed by atoms with Crippen LogP contribution in [-0.4, -0.2) is 25.1 Å². The van der Waals surface area contributed by atoms with Crippen LogP contribution in [0, 0.1) is 12.7 Å². The van der Waals surface area contributed by atoms with Gasteiger partial charge in [-0.3, -0.25) is 9.59 Å². The number of benzene rings is 2. The third-order valence-electron chi connectivity index (χ3n) is 5.66. The fraction of sp³-hybridized carbons (Fsp3) is 0.280. The highest BCUT2D eigenvalue weighted by molar-refractivity contribution is 7.90. The van der Waals surface area contributed by atoms with Gasteiger partial charge < -0.3 is 9.88 Å². The van der Waals surface area contributed by atoms with E-state index in [2.05, 4.69) is 5.32 Å². The van der Waals surface area contributed by atoms with Crippen molar-refractivity contribution in [3.05, 3.63) is 87.1 Å². The Morgan fingerprint density at radius 1 is 1.11 bits per heavy atom. The van der Waals surface area contributed by atoms with Crippen molar-refractivity contribution in [1.29, 1.82) is 0 Å². The lowest BCUT2D eigenvalue weighted by molar-refractivity contribution is -0.137. The van der Waals surface area contributed by atoms with Crippen molar-refractivity contribution in [3.8, 4) is 11.1 Å². The number of hydrogen-bond acceptors (Lipinski definition) is 4.